The Morgan fingerprint density at radius 3 is 2.09 bits per heavy atom. The summed E-state index contributed by atoms with van der Waals surface area (Å²) in [6.45, 7) is 10.1. The summed E-state index contributed by atoms with van der Waals surface area (Å²) >= 11 is 0. The fourth-order valence-corrected chi connectivity index (χ4v) is 3.62. The minimum atomic E-state index is -0.114. The molecule has 126 valence electrons. The molecule has 1 aromatic rings. The summed E-state index contributed by atoms with van der Waals surface area (Å²) in [5.41, 5.74) is 2.48. The topological polar surface area (TPSA) is 35.6 Å². The van der Waals surface area contributed by atoms with E-state index in [1.54, 1.807) is 0 Å². The van der Waals surface area contributed by atoms with Crippen molar-refractivity contribution in [2.24, 2.45) is 0 Å². The minimum Gasteiger partial charge on any atom is -0.341 e. The summed E-state index contributed by atoms with van der Waals surface area (Å²) in [5, 5.41) is 3.39. The van der Waals surface area contributed by atoms with Crippen molar-refractivity contribution >= 4 is 5.91 Å². The van der Waals surface area contributed by atoms with Crippen LogP contribution < -0.4 is 5.32 Å². The van der Waals surface area contributed by atoms with Gasteiger partial charge in [0.2, 0.25) is 5.91 Å². The quantitative estimate of drug-likeness (QED) is 0.926. The van der Waals surface area contributed by atoms with Gasteiger partial charge >= 0.3 is 0 Å². The Morgan fingerprint density at radius 1 is 0.957 bits per heavy atom. The van der Waals surface area contributed by atoms with E-state index in [0.29, 0.717) is 11.8 Å². The molecule has 1 amide bonds. The Morgan fingerprint density at radius 2 is 1.52 bits per heavy atom. The third-order valence-corrected chi connectivity index (χ3v) is 5.09. The highest BCUT2D eigenvalue weighted by molar-refractivity contribution is 5.83. The molecule has 0 aromatic heterocycles. The molecule has 0 aliphatic carbocycles. The molecule has 2 aliphatic rings. The molecule has 0 bridgehead atoms. The molecule has 1 N–H and O–H groups in total. The lowest BCUT2D eigenvalue weighted by molar-refractivity contribution is -0.136. The van der Waals surface area contributed by atoms with Crippen LogP contribution in [0.3, 0.4) is 0 Å². The van der Waals surface area contributed by atoms with Gasteiger partial charge in [0, 0.05) is 39.3 Å². The van der Waals surface area contributed by atoms with E-state index in [2.05, 4.69) is 53.2 Å². The molecule has 1 unspecified atom stereocenters. The van der Waals surface area contributed by atoms with Gasteiger partial charge < -0.3 is 10.2 Å². The second-order valence-electron chi connectivity index (χ2n) is 7.04. The number of piperazine rings is 1. The summed E-state index contributed by atoms with van der Waals surface area (Å²) in [4.78, 5) is 17.5. The second kappa shape index (κ2) is 7.45. The summed E-state index contributed by atoms with van der Waals surface area (Å²) in [6.07, 6.45) is 2.29. The Bertz CT molecular complexity index is 514. The minimum absolute atomic E-state index is 0.114. The van der Waals surface area contributed by atoms with E-state index < -0.39 is 0 Å². The van der Waals surface area contributed by atoms with Gasteiger partial charge in [0.25, 0.3) is 0 Å². The van der Waals surface area contributed by atoms with E-state index >= 15 is 0 Å². The predicted molar refractivity (Wildman–Crippen MR) is 93.5 cm³/mol. The molecule has 2 heterocycles. The van der Waals surface area contributed by atoms with Gasteiger partial charge in [-0.3, -0.25) is 9.69 Å². The van der Waals surface area contributed by atoms with Gasteiger partial charge in [0.15, 0.2) is 0 Å². The van der Waals surface area contributed by atoms with Crippen molar-refractivity contribution in [1.82, 2.24) is 15.1 Å². The van der Waals surface area contributed by atoms with Crippen LogP contribution in [0.1, 0.15) is 49.8 Å². The summed E-state index contributed by atoms with van der Waals surface area (Å²) < 4.78 is 0. The average molecular weight is 315 g/mol. The smallest absolute Gasteiger partial charge is 0.244 e. The van der Waals surface area contributed by atoms with Gasteiger partial charge in [-0.1, -0.05) is 38.1 Å². The average Bonchev–Trinajstić information content (AvgIpc) is 3.11. The van der Waals surface area contributed by atoms with Crippen molar-refractivity contribution in [1.29, 1.82) is 0 Å². The zero-order chi connectivity index (χ0) is 16.2. The van der Waals surface area contributed by atoms with Crippen molar-refractivity contribution in [3.05, 3.63) is 35.4 Å². The summed E-state index contributed by atoms with van der Waals surface area (Å²) in [6, 6.07) is 8.58. The van der Waals surface area contributed by atoms with Crippen LogP contribution in [0.2, 0.25) is 0 Å². The third-order valence-electron chi connectivity index (χ3n) is 5.09. The van der Waals surface area contributed by atoms with E-state index in [9.17, 15) is 4.79 Å². The van der Waals surface area contributed by atoms with Gasteiger partial charge in [0.1, 0.15) is 6.04 Å². The van der Waals surface area contributed by atoms with E-state index in [-0.39, 0.29) is 6.04 Å². The molecule has 0 saturated carbocycles. The number of likely N-dealkylation sites (tertiary alicyclic amines) is 1. The molecular weight excluding hydrogens is 286 g/mol. The third kappa shape index (κ3) is 3.75. The zero-order valence-corrected chi connectivity index (χ0v) is 14.4. The molecule has 2 fully saturated rings. The van der Waals surface area contributed by atoms with Gasteiger partial charge in [0.05, 0.1) is 0 Å². The lowest BCUT2D eigenvalue weighted by Crippen LogP contribution is -2.49. The highest BCUT2D eigenvalue weighted by atomic mass is 16.2. The first-order valence-electron chi connectivity index (χ1n) is 9.00. The number of hydrogen-bond donors (Lipinski definition) is 1. The fraction of sp³-hybridized carbons (Fsp3) is 0.632. The van der Waals surface area contributed by atoms with Gasteiger partial charge in [-0.2, -0.15) is 0 Å². The van der Waals surface area contributed by atoms with E-state index in [4.69, 9.17) is 0 Å². The van der Waals surface area contributed by atoms with Crippen molar-refractivity contribution in [2.45, 2.75) is 38.6 Å². The molecule has 2 saturated heterocycles. The molecule has 0 spiro atoms. The van der Waals surface area contributed by atoms with Crippen LogP contribution in [-0.2, 0) is 4.79 Å². The number of carbonyl (C=O) groups is 1. The first-order valence-corrected chi connectivity index (χ1v) is 9.00. The molecule has 3 rings (SSSR count). The van der Waals surface area contributed by atoms with E-state index in [1.807, 2.05) is 0 Å². The van der Waals surface area contributed by atoms with E-state index in [0.717, 1.165) is 57.7 Å². The lowest BCUT2D eigenvalue weighted by atomic mass is 9.97. The number of nitrogens with zero attached hydrogens (tertiary/aromatic N) is 2. The molecular formula is C19H29N3O. The van der Waals surface area contributed by atoms with Crippen LogP contribution in [0.4, 0.5) is 0 Å². The standard InChI is InChI=1S/C19H29N3O/c1-15(2)16-5-7-17(8-6-16)18(21-13-9-20-10-14-21)19(23)22-11-3-4-12-22/h5-8,15,18,20H,3-4,9-14H2,1-2H3. The molecule has 4 heteroatoms. The summed E-state index contributed by atoms with van der Waals surface area (Å²) in [5.74, 6) is 0.817. The predicted octanol–water partition coefficient (Wildman–Crippen LogP) is 2.38. The normalized spacial score (nSPS) is 20.9. The number of amides is 1. The van der Waals surface area contributed by atoms with Gasteiger partial charge in [-0.25, -0.2) is 0 Å². The molecule has 0 radical (unpaired) electrons. The van der Waals surface area contributed by atoms with Gasteiger partial charge in [-0.15, -0.1) is 0 Å². The number of carbonyl (C=O) groups excluding carboxylic acids is 1. The second-order valence-corrected chi connectivity index (χ2v) is 7.04. The Hall–Kier alpha value is -1.39. The van der Waals surface area contributed by atoms with Crippen molar-refractivity contribution in [2.75, 3.05) is 39.3 Å². The summed E-state index contributed by atoms with van der Waals surface area (Å²) in [7, 11) is 0. The van der Waals surface area contributed by atoms with Gasteiger partial charge in [-0.05, 0) is 29.9 Å². The van der Waals surface area contributed by atoms with Crippen molar-refractivity contribution in [3.8, 4) is 0 Å². The Balaban J connectivity index is 1.85. The van der Waals surface area contributed by atoms with Crippen LogP contribution in [0.5, 0.6) is 0 Å². The molecule has 1 aromatic carbocycles. The van der Waals surface area contributed by atoms with Crippen LogP contribution in [0.25, 0.3) is 0 Å². The van der Waals surface area contributed by atoms with Crippen LogP contribution in [0, 0.1) is 0 Å². The molecule has 23 heavy (non-hydrogen) atoms. The number of hydrogen-bond acceptors (Lipinski definition) is 3. The lowest BCUT2D eigenvalue weighted by Gasteiger charge is -2.36. The maximum absolute atomic E-state index is 13.1. The Kier molecular flexibility index (Phi) is 5.34. The number of nitrogens with one attached hydrogen (secondary N) is 1. The van der Waals surface area contributed by atoms with Crippen molar-refractivity contribution in [3.63, 3.8) is 0 Å². The van der Waals surface area contributed by atoms with Crippen molar-refractivity contribution < 1.29 is 4.79 Å². The SMILES string of the molecule is CC(C)c1ccc(C(C(=O)N2CCCC2)N2CCNCC2)cc1. The maximum Gasteiger partial charge on any atom is 0.244 e. The fourth-order valence-electron chi connectivity index (χ4n) is 3.62. The largest absolute Gasteiger partial charge is 0.341 e. The first kappa shape index (κ1) is 16.5. The van der Waals surface area contributed by atoms with Crippen LogP contribution in [-0.4, -0.2) is 55.0 Å². The highest BCUT2D eigenvalue weighted by Gasteiger charge is 2.33. The first-order chi connectivity index (χ1) is 11.2. The number of rotatable bonds is 4. The molecule has 2 aliphatic heterocycles. The monoisotopic (exact) mass is 315 g/mol. The molecule has 4 nitrogen and oxygen atoms in total. The molecule has 1 atom stereocenters. The number of benzene rings is 1. The maximum atomic E-state index is 13.1. The van der Waals surface area contributed by atoms with Crippen LogP contribution in [0.15, 0.2) is 24.3 Å². The Labute approximate surface area is 139 Å². The highest BCUT2D eigenvalue weighted by Crippen LogP contribution is 2.27. The van der Waals surface area contributed by atoms with Crippen LogP contribution >= 0.6 is 0 Å². The zero-order valence-electron chi connectivity index (χ0n) is 14.4. The van der Waals surface area contributed by atoms with E-state index in [1.165, 1.54) is 5.56 Å².